The van der Waals surface area contributed by atoms with Crippen molar-refractivity contribution in [1.82, 2.24) is 9.88 Å². The molecule has 2 aromatic rings. The Hall–Kier alpha value is -2.95. The van der Waals surface area contributed by atoms with Crippen LogP contribution in [0.4, 0.5) is 14.4 Å². The summed E-state index contributed by atoms with van der Waals surface area (Å²) in [5.41, 5.74) is -0.278. The molecule has 1 aliphatic heterocycles. The SMILES string of the molecule is CC(C)(C)OC(=O)N1CCC(c2ncc(C(=O)Nc3ccc(S(=O)(=O)F)cc3)o2)CC1. The molecule has 1 fully saturated rings. The highest BCUT2D eigenvalue weighted by Crippen LogP contribution is 2.28. The highest BCUT2D eigenvalue weighted by Gasteiger charge is 2.30. The summed E-state index contributed by atoms with van der Waals surface area (Å²) in [5, 5.41) is 2.54. The van der Waals surface area contributed by atoms with Gasteiger partial charge in [-0.3, -0.25) is 4.79 Å². The second-order valence-electron chi connectivity index (χ2n) is 8.22. The Bertz CT molecular complexity index is 1050. The number of hydrogen-bond acceptors (Lipinski definition) is 7. The molecular formula is C20H24FN3O6S. The molecule has 0 atom stereocenters. The van der Waals surface area contributed by atoms with Crippen LogP contribution in [0.2, 0.25) is 0 Å². The van der Waals surface area contributed by atoms with Gasteiger partial charge in [-0.05, 0) is 57.9 Å². The van der Waals surface area contributed by atoms with Crippen molar-refractivity contribution in [3.05, 3.63) is 42.1 Å². The Balaban J connectivity index is 1.57. The smallest absolute Gasteiger partial charge is 0.410 e. The number of aromatic nitrogens is 1. The first kappa shape index (κ1) is 22.7. The Morgan fingerprint density at radius 2 is 1.81 bits per heavy atom. The average molecular weight is 453 g/mol. The number of halogens is 1. The summed E-state index contributed by atoms with van der Waals surface area (Å²) in [5.74, 6) is -0.199. The molecule has 2 amide bonds. The molecule has 11 heteroatoms. The van der Waals surface area contributed by atoms with E-state index in [1.807, 2.05) is 20.8 Å². The van der Waals surface area contributed by atoms with E-state index >= 15 is 0 Å². The van der Waals surface area contributed by atoms with Gasteiger partial charge in [0.05, 0.1) is 11.1 Å². The van der Waals surface area contributed by atoms with E-state index in [1.54, 1.807) is 4.90 Å². The van der Waals surface area contributed by atoms with Crippen LogP contribution in [0.15, 0.2) is 39.8 Å². The minimum Gasteiger partial charge on any atom is -0.444 e. The molecule has 2 heterocycles. The Kier molecular flexibility index (Phi) is 6.35. The van der Waals surface area contributed by atoms with Crippen LogP contribution in [0.3, 0.4) is 0 Å². The van der Waals surface area contributed by atoms with Crippen molar-refractivity contribution in [2.75, 3.05) is 18.4 Å². The molecule has 0 unspecified atom stereocenters. The van der Waals surface area contributed by atoms with Gasteiger partial charge in [0, 0.05) is 24.7 Å². The van der Waals surface area contributed by atoms with Crippen molar-refractivity contribution in [3.8, 4) is 0 Å². The zero-order valence-corrected chi connectivity index (χ0v) is 18.2. The summed E-state index contributed by atoms with van der Waals surface area (Å²) in [6.07, 6.45) is 2.20. The third kappa shape index (κ3) is 6.03. The van der Waals surface area contributed by atoms with E-state index in [0.717, 1.165) is 12.1 Å². The minimum absolute atomic E-state index is 0.00763. The normalized spacial score (nSPS) is 15.5. The van der Waals surface area contributed by atoms with E-state index in [1.165, 1.54) is 18.3 Å². The monoisotopic (exact) mass is 453 g/mol. The Labute approximate surface area is 179 Å². The fourth-order valence-electron chi connectivity index (χ4n) is 3.11. The molecule has 3 rings (SSSR count). The molecular weight excluding hydrogens is 429 g/mol. The largest absolute Gasteiger partial charge is 0.444 e. The van der Waals surface area contributed by atoms with Crippen molar-refractivity contribution >= 4 is 27.9 Å². The van der Waals surface area contributed by atoms with E-state index in [2.05, 4.69) is 10.3 Å². The first-order valence-electron chi connectivity index (χ1n) is 9.72. The number of carbonyl (C=O) groups is 2. The van der Waals surface area contributed by atoms with Crippen molar-refractivity contribution in [2.45, 2.75) is 50.0 Å². The van der Waals surface area contributed by atoms with Gasteiger partial charge < -0.3 is 19.4 Å². The van der Waals surface area contributed by atoms with Gasteiger partial charge >= 0.3 is 16.3 Å². The maximum Gasteiger partial charge on any atom is 0.410 e. The fraction of sp³-hybridized carbons (Fsp3) is 0.450. The van der Waals surface area contributed by atoms with Crippen molar-refractivity contribution < 1.29 is 31.0 Å². The number of amides is 2. The topological polar surface area (TPSA) is 119 Å². The molecule has 168 valence electrons. The van der Waals surface area contributed by atoms with E-state index in [0.29, 0.717) is 31.8 Å². The third-order valence-corrected chi connectivity index (χ3v) is 5.47. The number of ether oxygens (including phenoxy) is 1. The molecule has 1 aliphatic rings. The molecule has 1 saturated heterocycles. The van der Waals surface area contributed by atoms with E-state index in [4.69, 9.17) is 9.15 Å². The maximum atomic E-state index is 12.9. The number of oxazole rings is 1. The van der Waals surface area contributed by atoms with E-state index in [9.17, 15) is 21.9 Å². The van der Waals surface area contributed by atoms with Crippen molar-refractivity contribution in [1.29, 1.82) is 0 Å². The van der Waals surface area contributed by atoms with Crippen LogP contribution in [0, 0.1) is 0 Å². The van der Waals surface area contributed by atoms with Gasteiger partial charge in [-0.25, -0.2) is 9.78 Å². The number of piperidine rings is 1. The number of carbonyl (C=O) groups excluding carboxylic acids is 2. The van der Waals surface area contributed by atoms with Crippen LogP contribution in [0.25, 0.3) is 0 Å². The lowest BCUT2D eigenvalue weighted by molar-refractivity contribution is 0.0199. The molecule has 0 saturated carbocycles. The lowest BCUT2D eigenvalue weighted by atomic mass is 9.97. The van der Waals surface area contributed by atoms with Gasteiger partial charge in [0.1, 0.15) is 5.60 Å². The fourth-order valence-corrected chi connectivity index (χ4v) is 3.57. The molecule has 0 aliphatic carbocycles. The minimum atomic E-state index is -4.80. The van der Waals surface area contributed by atoms with Gasteiger partial charge in [-0.15, -0.1) is 3.89 Å². The van der Waals surface area contributed by atoms with Gasteiger partial charge in [-0.1, -0.05) is 0 Å². The summed E-state index contributed by atoms with van der Waals surface area (Å²) >= 11 is 0. The van der Waals surface area contributed by atoms with Crippen LogP contribution >= 0.6 is 0 Å². The average Bonchev–Trinajstić information content (AvgIpc) is 3.17. The van der Waals surface area contributed by atoms with Crippen LogP contribution in [-0.2, 0) is 15.0 Å². The Morgan fingerprint density at radius 3 is 2.35 bits per heavy atom. The number of nitrogens with one attached hydrogen (secondary N) is 1. The first-order valence-corrected chi connectivity index (χ1v) is 11.1. The summed E-state index contributed by atoms with van der Waals surface area (Å²) in [6.45, 7) is 6.43. The van der Waals surface area contributed by atoms with Gasteiger partial charge in [0.25, 0.3) is 5.91 Å². The molecule has 0 bridgehead atoms. The molecule has 1 aromatic carbocycles. The number of benzene rings is 1. The molecule has 31 heavy (non-hydrogen) atoms. The standard InChI is InChI=1S/C20H24FN3O6S/c1-20(2,3)30-19(26)24-10-8-13(9-11-24)18-22-12-16(29-18)17(25)23-14-4-6-15(7-5-14)31(21,27)28/h4-7,12-13H,8-11H2,1-3H3,(H,23,25). The van der Waals surface area contributed by atoms with Gasteiger partial charge in [0.2, 0.25) is 5.76 Å². The second kappa shape index (κ2) is 8.66. The highest BCUT2D eigenvalue weighted by atomic mass is 32.3. The number of likely N-dealkylation sites (tertiary alicyclic amines) is 1. The van der Waals surface area contributed by atoms with Crippen LogP contribution in [-0.4, -0.2) is 49.0 Å². The first-order chi connectivity index (χ1) is 14.4. The predicted octanol–water partition coefficient (Wildman–Crippen LogP) is 3.70. The molecule has 1 N–H and O–H groups in total. The third-order valence-electron chi connectivity index (χ3n) is 4.64. The summed E-state index contributed by atoms with van der Waals surface area (Å²) < 4.78 is 45.6. The number of rotatable bonds is 4. The van der Waals surface area contributed by atoms with Gasteiger partial charge in [-0.2, -0.15) is 8.42 Å². The summed E-state index contributed by atoms with van der Waals surface area (Å²) in [7, 11) is -4.80. The van der Waals surface area contributed by atoms with Crippen molar-refractivity contribution in [3.63, 3.8) is 0 Å². The van der Waals surface area contributed by atoms with E-state index in [-0.39, 0.29) is 23.5 Å². The zero-order chi connectivity index (χ0) is 22.8. The molecule has 1 aromatic heterocycles. The van der Waals surface area contributed by atoms with Crippen LogP contribution in [0.5, 0.6) is 0 Å². The lowest BCUT2D eigenvalue weighted by Gasteiger charge is -2.32. The van der Waals surface area contributed by atoms with E-state index < -0.39 is 26.6 Å². The maximum absolute atomic E-state index is 12.9. The van der Waals surface area contributed by atoms with Gasteiger partial charge in [0.15, 0.2) is 5.89 Å². The molecule has 0 spiro atoms. The quantitative estimate of drug-likeness (QED) is 0.701. The number of anilines is 1. The van der Waals surface area contributed by atoms with Crippen LogP contribution in [0.1, 0.15) is 56.0 Å². The summed E-state index contributed by atoms with van der Waals surface area (Å²) in [4.78, 5) is 29.8. The highest BCUT2D eigenvalue weighted by molar-refractivity contribution is 7.86. The predicted molar refractivity (Wildman–Crippen MR) is 109 cm³/mol. The lowest BCUT2D eigenvalue weighted by Crippen LogP contribution is -2.41. The summed E-state index contributed by atoms with van der Waals surface area (Å²) in [6, 6.07) is 4.65. The van der Waals surface area contributed by atoms with Crippen LogP contribution < -0.4 is 5.32 Å². The Morgan fingerprint density at radius 1 is 1.19 bits per heavy atom. The zero-order valence-electron chi connectivity index (χ0n) is 17.4. The van der Waals surface area contributed by atoms with Crippen molar-refractivity contribution in [2.24, 2.45) is 0 Å². The number of nitrogens with zero attached hydrogens (tertiary/aromatic N) is 2. The number of hydrogen-bond donors (Lipinski definition) is 1. The molecule has 0 radical (unpaired) electrons. The molecule has 9 nitrogen and oxygen atoms in total. The second-order valence-corrected chi connectivity index (χ2v) is 9.57.